The number of hydrogen-bond acceptors (Lipinski definition) is 4. The van der Waals surface area contributed by atoms with Crippen LogP contribution in [0.25, 0.3) is 33.4 Å². The number of hydrogen-bond donors (Lipinski definition) is 0. The predicted molar refractivity (Wildman–Crippen MR) is 384 cm³/mol. The van der Waals surface area contributed by atoms with Gasteiger partial charge in [0.1, 0.15) is 48.0 Å². The summed E-state index contributed by atoms with van der Waals surface area (Å²) in [4.78, 5) is 3.69. The summed E-state index contributed by atoms with van der Waals surface area (Å²) in [7, 11) is 0. The van der Waals surface area contributed by atoms with E-state index in [1.165, 1.54) is 35.4 Å². The second-order valence-electron chi connectivity index (χ2n) is 26.9. The summed E-state index contributed by atoms with van der Waals surface area (Å²) in [5.74, 6) is -1.39. The van der Waals surface area contributed by atoms with Crippen molar-refractivity contribution in [2.45, 2.75) is 63.2 Å². The van der Waals surface area contributed by atoms with Gasteiger partial charge in [-0.1, -0.05) is 225 Å². The summed E-state index contributed by atoms with van der Waals surface area (Å²) < 4.78 is 75.4. The van der Waals surface area contributed by atoms with E-state index < -0.39 is 34.1 Å². The number of anilines is 6. The van der Waals surface area contributed by atoms with Gasteiger partial charge in [0.25, 0.3) is 0 Å². The normalized spacial score (nSPS) is 15.2. The molecule has 2 atom stereocenters. The molecule has 4 nitrogen and oxygen atoms in total. The van der Waals surface area contributed by atoms with E-state index in [1.807, 2.05) is 94.7 Å². The number of nitrogens with zero attached hydrogens (tertiary/aromatic N) is 2. The number of rotatable bonds is 17. The summed E-state index contributed by atoms with van der Waals surface area (Å²) in [6.07, 6.45) is 3.45. The van der Waals surface area contributed by atoms with Crippen LogP contribution in [-0.2, 0) is 21.7 Å². The molecule has 96 heavy (non-hydrogen) atoms. The molecule has 0 aliphatic heterocycles. The molecule has 2 unspecified atom stereocenters. The molecule has 2 aliphatic rings. The first-order chi connectivity index (χ1) is 46.4. The van der Waals surface area contributed by atoms with Gasteiger partial charge in [0.05, 0.1) is 22.2 Å². The Morgan fingerprint density at radius 1 is 0.344 bits per heavy atom. The number of fused-ring (bicyclic) bond motifs is 6. The lowest BCUT2D eigenvalue weighted by molar-refractivity contribution is 0.363. The third kappa shape index (κ3) is 10.8. The van der Waals surface area contributed by atoms with E-state index in [0.717, 1.165) is 90.0 Å². The third-order valence-electron chi connectivity index (χ3n) is 19.1. The second kappa shape index (κ2) is 24.7. The van der Waals surface area contributed by atoms with Crippen LogP contribution < -0.4 is 19.3 Å². The van der Waals surface area contributed by atoms with Crippen LogP contribution in [0.5, 0.6) is 11.5 Å². The van der Waals surface area contributed by atoms with Crippen molar-refractivity contribution in [3.05, 3.63) is 371 Å². The Morgan fingerprint density at radius 3 is 1.00 bits per heavy atom. The molecule has 474 valence electrons. The van der Waals surface area contributed by atoms with Gasteiger partial charge in [0.15, 0.2) is 0 Å². The first-order valence-corrected chi connectivity index (χ1v) is 32.5. The average molecular weight is 1270 g/mol. The van der Waals surface area contributed by atoms with Crippen LogP contribution in [0.3, 0.4) is 0 Å². The zero-order chi connectivity index (χ0) is 66.7. The predicted octanol–water partition coefficient (Wildman–Crippen LogP) is 23.3. The number of benzene rings is 12. The van der Waals surface area contributed by atoms with E-state index >= 15 is 17.6 Å². The Bertz CT molecular complexity index is 4600. The Balaban J connectivity index is 0.871. The summed E-state index contributed by atoms with van der Waals surface area (Å²) in [5.41, 5.74) is 17.8. The van der Waals surface area contributed by atoms with Crippen molar-refractivity contribution in [3.8, 4) is 44.9 Å². The fourth-order valence-corrected chi connectivity index (χ4v) is 14.5. The minimum atomic E-state index is -0.833. The van der Waals surface area contributed by atoms with Gasteiger partial charge in [-0.05, 0) is 197 Å². The van der Waals surface area contributed by atoms with Crippen molar-refractivity contribution in [1.82, 2.24) is 0 Å². The molecule has 12 aromatic rings. The van der Waals surface area contributed by atoms with Crippen molar-refractivity contribution in [2.75, 3.05) is 23.0 Å². The quantitative estimate of drug-likeness (QED) is 0.0670. The molecule has 0 fully saturated rings. The van der Waals surface area contributed by atoms with E-state index in [9.17, 15) is 0 Å². The van der Waals surface area contributed by atoms with Gasteiger partial charge in [0.2, 0.25) is 0 Å². The standard InChI is InChI=1S/C88H72F4N2O2/c1-9-51-95-71-43-31-63(32-44-71)87(61-27-23-59(24-28-61)85(3,4)5)77-17-13-11-15-73(77)75-47-41-69(55-79(75)87)93(83-49-35-65(89)53-81(83)91)67-37-19-57(20-38-67)58-21-39-68(40-22-58)94(84-50-36-66(90)54-82(84)92)70-42-48-76-74-16-12-14-18-78(74)88(80(76)56-70,62-29-25-60(26-30-62)86(6,7)8)64-33-45-72(46-34-64)96-52-10-2/h9-50,53-56H,1-2,51-52H2,3-8H3. The van der Waals surface area contributed by atoms with Crippen molar-refractivity contribution in [2.24, 2.45) is 0 Å². The lowest BCUT2D eigenvalue weighted by Gasteiger charge is -2.35. The first kappa shape index (κ1) is 62.5. The van der Waals surface area contributed by atoms with E-state index in [0.29, 0.717) is 47.5 Å². The van der Waals surface area contributed by atoms with Crippen LogP contribution in [0.4, 0.5) is 51.7 Å². The topological polar surface area (TPSA) is 24.9 Å². The highest BCUT2D eigenvalue weighted by molar-refractivity contribution is 5.92. The van der Waals surface area contributed by atoms with E-state index in [4.69, 9.17) is 9.47 Å². The molecular weight excluding hydrogens is 1190 g/mol. The van der Waals surface area contributed by atoms with Gasteiger partial charge in [-0.2, -0.15) is 0 Å². The van der Waals surface area contributed by atoms with Crippen LogP contribution >= 0.6 is 0 Å². The summed E-state index contributed by atoms with van der Waals surface area (Å²) in [6.45, 7) is 21.7. The maximum absolute atomic E-state index is 16.7. The molecule has 8 heteroatoms. The van der Waals surface area contributed by atoms with Crippen LogP contribution in [0, 0.1) is 23.3 Å². The van der Waals surface area contributed by atoms with Crippen molar-refractivity contribution < 1.29 is 27.0 Å². The highest BCUT2D eigenvalue weighted by Gasteiger charge is 2.48. The smallest absolute Gasteiger partial charge is 0.150 e. The SMILES string of the molecule is C=CCOc1ccc(C2(c3ccc(C(C)(C)C)cc3)c3ccccc3-c3ccc(N(c4ccc(-c5ccc(N(c6ccc7c(c6)C(c6ccc(OCC=C)cc6)(c6ccc(C(C)(C)C)cc6)c6ccccc6-7)c6ccc(F)cc6F)cc5)cc4)c4ccc(F)cc4F)cc32)cc1. The molecule has 0 heterocycles. The Kier molecular flexibility index (Phi) is 16.1. The molecule has 0 bridgehead atoms. The molecule has 0 radical (unpaired) electrons. The van der Waals surface area contributed by atoms with Gasteiger partial charge in [-0.25, -0.2) is 17.6 Å². The molecule has 0 amide bonds. The van der Waals surface area contributed by atoms with E-state index in [-0.39, 0.29) is 22.2 Å². The molecule has 14 rings (SSSR count). The molecule has 0 saturated heterocycles. The summed E-state index contributed by atoms with van der Waals surface area (Å²) in [5, 5.41) is 0. The average Bonchev–Trinajstić information content (AvgIpc) is 1.52. The fourth-order valence-electron chi connectivity index (χ4n) is 14.5. The molecule has 0 spiro atoms. The van der Waals surface area contributed by atoms with Crippen LogP contribution in [0.15, 0.2) is 292 Å². The van der Waals surface area contributed by atoms with Crippen molar-refractivity contribution in [3.63, 3.8) is 0 Å². The second-order valence-corrected chi connectivity index (χ2v) is 26.9. The van der Waals surface area contributed by atoms with E-state index in [2.05, 4.69) is 200 Å². The molecule has 12 aromatic carbocycles. The van der Waals surface area contributed by atoms with Crippen LogP contribution in [0.2, 0.25) is 0 Å². The fraction of sp³-hybridized carbons (Fsp3) is 0.136. The molecule has 0 saturated carbocycles. The maximum Gasteiger partial charge on any atom is 0.150 e. The Morgan fingerprint density at radius 2 is 0.667 bits per heavy atom. The summed E-state index contributed by atoms with van der Waals surface area (Å²) in [6, 6.07) is 87.0. The zero-order valence-corrected chi connectivity index (χ0v) is 54.6. The van der Waals surface area contributed by atoms with Crippen molar-refractivity contribution in [1.29, 1.82) is 0 Å². The van der Waals surface area contributed by atoms with Gasteiger partial charge in [-0.3, -0.25) is 0 Å². The van der Waals surface area contributed by atoms with Gasteiger partial charge >= 0.3 is 0 Å². The van der Waals surface area contributed by atoms with Gasteiger partial charge in [-0.15, -0.1) is 0 Å². The lowest BCUT2D eigenvalue weighted by atomic mass is 9.67. The highest BCUT2D eigenvalue weighted by atomic mass is 19.1. The first-order valence-electron chi connectivity index (χ1n) is 32.5. The lowest BCUT2D eigenvalue weighted by Crippen LogP contribution is -2.29. The van der Waals surface area contributed by atoms with Crippen LogP contribution in [-0.4, -0.2) is 13.2 Å². The Labute approximate surface area is 560 Å². The highest BCUT2D eigenvalue weighted by Crippen LogP contribution is 2.60. The van der Waals surface area contributed by atoms with Gasteiger partial charge < -0.3 is 19.3 Å². The minimum absolute atomic E-state index is 0.0918. The Hall–Kier alpha value is -11.0. The molecular formula is C88H72F4N2O2. The maximum atomic E-state index is 16.7. The molecule has 0 aromatic heterocycles. The molecule has 2 aliphatic carbocycles. The van der Waals surface area contributed by atoms with E-state index in [1.54, 1.807) is 12.2 Å². The third-order valence-corrected chi connectivity index (χ3v) is 19.1. The van der Waals surface area contributed by atoms with Crippen molar-refractivity contribution >= 4 is 34.1 Å². The largest absolute Gasteiger partial charge is 0.490 e. The monoisotopic (exact) mass is 1260 g/mol. The number of ether oxygens (including phenoxy) is 2. The minimum Gasteiger partial charge on any atom is -0.490 e. The van der Waals surface area contributed by atoms with Gasteiger partial charge in [0, 0.05) is 34.9 Å². The number of halogens is 4. The van der Waals surface area contributed by atoms with Crippen LogP contribution in [0.1, 0.15) is 97.2 Å². The zero-order valence-electron chi connectivity index (χ0n) is 54.6. The summed E-state index contributed by atoms with van der Waals surface area (Å²) >= 11 is 0. The molecule has 0 N–H and O–H groups in total.